The van der Waals surface area contributed by atoms with E-state index in [2.05, 4.69) is 15.6 Å². The summed E-state index contributed by atoms with van der Waals surface area (Å²) in [6.07, 6.45) is 1.98. The minimum atomic E-state index is -3.50. The molecule has 0 spiro atoms. The maximum absolute atomic E-state index is 12.7. The normalized spacial score (nSPS) is 14.8. The predicted octanol–water partition coefficient (Wildman–Crippen LogP) is 2.25. The van der Waals surface area contributed by atoms with Gasteiger partial charge in [0.2, 0.25) is 15.9 Å². The third kappa shape index (κ3) is 4.14. The topological polar surface area (TPSA) is 106 Å². The molecule has 4 rings (SSSR count). The Labute approximate surface area is 174 Å². The maximum Gasteiger partial charge on any atom is 0.243 e. The van der Waals surface area contributed by atoms with Crippen molar-refractivity contribution in [2.45, 2.75) is 30.7 Å². The zero-order valence-corrected chi connectivity index (χ0v) is 17.4. The number of fused-ring (bicyclic) bond motifs is 1. The molecule has 2 heterocycles. The van der Waals surface area contributed by atoms with Crippen LogP contribution < -0.4 is 10.1 Å². The molecule has 30 heavy (non-hydrogen) atoms. The molecule has 1 aliphatic heterocycles. The van der Waals surface area contributed by atoms with Gasteiger partial charge in [0.1, 0.15) is 11.3 Å². The molecule has 3 aromatic rings. The van der Waals surface area contributed by atoms with Gasteiger partial charge in [-0.05, 0) is 55.3 Å². The van der Waals surface area contributed by atoms with E-state index in [0.29, 0.717) is 42.1 Å². The fraction of sp³-hybridized carbons (Fsp3) is 0.350. The Morgan fingerprint density at radius 2 is 1.87 bits per heavy atom. The SMILES string of the molecule is COc1ccc(NC(=O)CCn2nnc3cc(S(=O)(=O)N4CCCC4)ccc32)cc1. The second-order valence-corrected chi connectivity index (χ2v) is 9.04. The summed E-state index contributed by atoms with van der Waals surface area (Å²) in [6, 6.07) is 11.9. The Morgan fingerprint density at radius 3 is 2.57 bits per heavy atom. The number of methoxy groups -OCH3 is 1. The van der Waals surface area contributed by atoms with Gasteiger partial charge in [0.05, 0.1) is 24.1 Å². The van der Waals surface area contributed by atoms with Crippen LogP contribution in [0.1, 0.15) is 19.3 Å². The Morgan fingerprint density at radius 1 is 1.13 bits per heavy atom. The highest BCUT2D eigenvalue weighted by Crippen LogP contribution is 2.24. The van der Waals surface area contributed by atoms with Gasteiger partial charge in [0.25, 0.3) is 0 Å². The van der Waals surface area contributed by atoms with E-state index in [4.69, 9.17) is 4.74 Å². The third-order valence-corrected chi connectivity index (χ3v) is 7.01. The smallest absolute Gasteiger partial charge is 0.243 e. The van der Waals surface area contributed by atoms with E-state index in [9.17, 15) is 13.2 Å². The molecule has 1 fully saturated rings. The zero-order valence-electron chi connectivity index (χ0n) is 16.6. The summed E-state index contributed by atoms with van der Waals surface area (Å²) < 4.78 is 33.7. The van der Waals surface area contributed by atoms with Crippen LogP contribution in [-0.2, 0) is 21.4 Å². The maximum atomic E-state index is 12.7. The number of benzene rings is 2. The number of aromatic nitrogens is 3. The number of carbonyl (C=O) groups excluding carboxylic acids is 1. The predicted molar refractivity (Wildman–Crippen MR) is 112 cm³/mol. The molecule has 1 aliphatic rings. The molecule has 0 radical (unpaired) electrons. The Kier molecular flexibility index (Phi) is 5.69. The number of nitrogens with one attached hydrogen (secondary N) is 1. The average molecular weight is 430 g/mol. The highest BCUT2D eigenvalue weighted by atomic mass is 32.2. The summed E-state index contributed by atoms with van der Waals surface area (Å²) in [7, 11) is -1.92. The third-order valence-electron chi connectivity index (χ3n) is 5.11. The molecule has 2 aromatic carbocycles. The van der Waals surface area contributed by atoms with Crippen molar-refractivity contribution in [3.8, 4) is 5.75 Å². The molecule has 10 heteroatoms. The Hall–Kier alpha value is -2.98. The molecule has 0 saturated carbocycles. The molecule has 0 aliphatic carbocycles. The van der Waals surface area contributed by atoms with Crippen LogP contribution in [0.25, 0.3) is 11.0 Å². The van der Waals surface area contributed by atoms with Gasteiger partial charge in [-0.3, -0.25) is 4.79 Å². The van der Waals surface area contributed by atoms with Crippen molar-refractivity contribution >= 4 is 32.7 Å². The monoisotopic (exact) mass is 429 g/mol. The lowest BCUT2D eigenvalue weighted by molar-refractivity contribution is -0.116. The van der Waals surface area contributed by atoms with E-state index in [1.807, 2.05) is 0 Å². The van der Waals surface area contributed by atoms with Gasteiger partial charge in [-0.2, -0.15) is 4.31 Å². The van der Waals surface area contributed by atoms with Crippen molar-refractivity contribution < 1.29 is 17.9 Å². The number of nitrogens with zero attached hydrogens (tertiary/aromatic N) is 4. The van der Waals surface area contributed by atoms with Crippen LogP contribution in [0.15, 0.2) is 47.4 Å². The Balaban J connectivity index is 1.42. The molecule has 0 bridgehead atoms. The number of carbonyl (C=O) groups is 1. The van der Waals surface area contributed by atoms with Gasteiger partial charge >= 0.3 is 0 Å². The number of anilines is 1. The first kappa shape index (κ1) is 20.3. The number of rotatable bonds is 7. The molecule has 1 amide bonds. The van der Waals surface area contributed by atoms with Gasteiger partial charge in [-0.25, -0.2) is 13.1 Å². The second kappa shape index (κ2) is 8.41. The Bertz CT molecular complexity index is 1150. The summed E-state index contributed by atoms with van der Waals surface area (Å²) in [5, 5.41) is 11.0. The van der Waals surface area contributed by atoms with Crippen LogP contribution in [-0.4, -0.2) is 53.8 Å². The zero-order chi connectivity index (χ0) is 21.1. The number of hydrogen-bond acceptors (Lipinski definition) is 6. The first-order valence-electron chi connectivity index (χ1n) is 9.75. The van der Waals surface area contributed by atoms with Crippen molar-refractivity contribution in [1.29, 1.82) is 0 Å². The average Bonchev–Trinajstić information content (AvgIpc) is 3.43. The van der Waals surface area contributed by atoms with Crippen molar-refractivity contribution in [1.82, 2.24) is 19.3 Å². The summed E-state index contributed by atoms with van der Waals surface area (Å²) >= 11 is 0. The molecule has 1 N–H and O–H groups in total. The van der Waals surface area contributed by atoms with Crippen LogP contribution in [0.4, 0.5) is 5.69 Å². The largest absolute Gasteiger partial charge is 0.497 e. The molecular formula is C20H23N5O4S. The second-order valence-electron chi connectivity index (χ2n) is 7.10. The highest BCUT2D eigenvalue weighted by molar-refractivity contribution is 7.89. The number of ether oxygens (including phenoxy) is 1. The number of hydrogen-bond donors (Lipinski definition) is 1. The minimum Gasteiger partial charge on any atom is -0.497 e. The van der Waals surface area contributed by atoms with E-state index in [-0.39, 0.29) is 17.2 Å². The highest BCUT2D eigenvalue weighted by Gasteiger charge is 2.27. The first-order valence-corrected chi connectivity index (χ1v) is 11.2. The van der Waals surface area contributed by atoms with Gasteiger partial charge < -0.3 is 10.1 Å². The van der Waals surface area contributed by atoms with E-state index in [1.165, 1.54) is 4.31 Å². The molecule has 9 nitrogen and oxygen atoms in total. The van der Waals surface area contributed by atoms with E-state index in [1.54, 1.807) is 54.3 Å². The molecule has 0 unspecified atom stereocenters. The van der Waals surface area contributed by atoms with Crippen LogP contribution >= 0.6 is 0 Å². The molecule has 158 valence electrons. The molecule has 0 atom stereocenters. The fourth-order valence-corrected chi connectivity index (χ4v) is 5.00. The van der Waals surface area contributed by atoms with Gasteiger partial charge in [-0.1, -0.05) is 5.21 Å². The summed E-state index contributed by atoms with van der Waals surface area (Å²) in [4.78, 5) is 12.5. The first-order chi connectivity index (χ1) is 14.5. The lowest BCUT2D eigenvalue weighted by Crippen LogP contribution is -2.27. The van der Waals surface area contributed by atoms with Crippen LogP contribution in [0.3, 0.4) is 0 Å². The van der Waals surface area contributed by atoms with Crippen molar-refractivity contribution in [2.75, 3.05) is 25.5 Å². The summed E-state index contributed by atoms with van der Waals surface area (Å²) in [5.41, 5.74) is 1.86. The summed E-state index contributed by atoms with van der Waals surface area (Å²) in [5.74, 6) is 0.560. The number of aryl methyl sites for hydroxylation is 1. The number of sulfonamides is 1. The van der Waals surface area contributed by atoms with Crippen molar-refractivity contribution in [3.05, 3.63) is 42.5 Å². The quantitative estimate of drug-likeness (QED) is 0.617. The van der Waals surface area contributed by atoms with E-state index >= 15 is 0 Å². The van der Waals surface area contributed by atoms with Crippen molar-refractivity contribution in [2.24, 2.45) is 0 Å². The molecular weight excluding hydrogens is 406 g/mol. The van der Waals surface area contributed by atoms with Gasteiger partial charge in [0, 0.05) is 25.2 Å². The van der Waals surface area contributed by atoms with Crippen LogP contribution in [0.2, 0.25) is 0 Å². The number of amides is 1. The van der Waals surface area contributed by atoms with Crippen LogP contribution in [0.5, 0.6) is 5.75 Å². The van der Waals surface area contributed by atoms with Gasteiger partial charge in [-0.15, -0.1) is 5.10 Å². The lowest BCUT2D eigenvalue weighted by atomic mass is 10.3. The lowest BCUT2D eigenvalue weighted by Gasteiger charge is -2.15. The molecule has 1 aromatic heterocycles. The minimum absolute atomic E-state index is 0.156. The van der Waals surface area contributed by atoms with Crippen LogP contribution in [0, 0.1) is 0 Å². The summed E-state index contributed by atoms with van der Waals surface area (Å²) in [6.45, 7) is 1.43. The fourth-order valence-electron chi connectivity index (χ4n) is 3.46. The van der Waals surface area contributed by atoms with E-state index < -0.39 is 10.0 Å². The van der Waals surface area contributed by atoms with Crippen molar-refractivity contribution in [3.63, 3.8) is 0 Å². The van der Waals surface area contributed by atoms with Gasteiger partial charge in [0.15, 0.2) is 0 Å². The standard InChI is InChI=1S/C20H23N5O4S/c1-29-16-6-4-15(5-7-16)21-20(26)10-13-25-19-9-8-17(14-18(19)22-23-25)30(27,28)24-11-2-3-12-24/h4-9,14H,2-3,10-13H2,1H3,(H,21,26). The molecule has 1 saturated heterocycles. The van der Waals surface area contributed by atoms with E-state index in [0.717, 1.165) is 12.8 Å².